The molecule has 0 radical (unpaired) electrons. The molecular formula is C12H14O6. The summed E-state index contributed by atoms with van der Waals surface area (Å²) in [5, 5.41) is 29.1. The Bertz CT molecular complexity index is 442. The van der Waals surface area contributed by atoms with Crippen LogP contribution in [0.15, 0.2) is 18.2 Å². The molecule has 0 bridgehead atoms. The van der Waals surface area contributed by atoms with E-state index in [4.69, 9.17) is 0 Å². The van der Waals surface area contributed by atoms with Gasteiger partial charge in [0.2, 0.25) is 0 Å². The molecule has 0 spiro atoms. The van der Waals surface area contributed by atoms with Crippen molar-refractivity contribution in [1.82, 2.24) is 0 Å². The molecule has 18 heavy (non-hydrogen) atoms. The summed E-state index contributed by atoms with van der Waals surface area (Å²) in [5.74, 6) is -1.10. The van der Waals surface area contributed by atoms with E-state index in [0.717, 1.165) is 7.11 Å². The number of methoxy groups -OCH3 is 1. The van der Waals surface area contributed by atoms with Crippen LogP contribution in [0.5, 0.6) is 5.75 Å². The Hall–Kier alpha value is -1.92. The van der Waals surface area contributed by atoms with Crippen molar-refractivity contribution in [3.8, 4) is 5.75 Å². The Kier molecular flexibility index (Phi) is 4.82. The molecule has 98 valence electrons. The van der Waals surface area contributed by atoms with Crippen LogP contribution in [0.3, 0.4) is 0 Å². The number of aromatic hydroxyl groups is 1. The Balaban J connectivity index is 2.93. The Morgan fingerprint density at radius 3 is 2.67 bits per heavy atom. The van der Waals surface area contributed by atoms with E-state index < -0.39 is 30.3 Å². The molecule has 0 aliphatic rings. The lowest BCUT2D eigenvalue weighted by Crippen LogP contribution is -2.22. The van der Waals surface area contributed by atoms with Gasteiger partial charge in [0.1, 0.15) is 11.9 Å². The maximum absolute atomic E-state index is 11.0. The third-order valence-corrected chi connectivity index (χ3v) is 2.51. The van der Waals surface area contributed by atoms with Gasteiger partial charge < -0.3 is 20.1 Å². The number of aliphatic hydroxyl groups is 2. The number of carbonyl (C=O) groups excluding carboxylic acids is 2. The average Bonchev–Trinajstić information content (AvgIpc) is 2.38. The first-order valence-corrected chi connectivity index (χ1v) is 5.21. The molecule has 0 aliphatic heterocycles. The normalized spacial score (nSPS) is 13.7. The minimum absolute atomic E-state index is 0.00295. The summed E-state index contributed by atoms with van der Waals surface area (Å²) in [6.45, 7) is 0. The summed E-state index contributed by atoms with van der Waals surface area (Å²) in [7, 11) is 1.16. The molecule has 0 heterocycles. The molecule has 0 aliphatic carbocycles. The summed E-state index contributed by atoms with van der Waals surface area (Å²) >= 11 is 0. The van der Waals surface area contributed by atoms with E-state index in [-0.39, 0.29) is 11.1 Å². The number of aldehydes is 1. The Morgan fingerprint density at radius 2 is 2.11 bits per heavy atom. The van der Waals surface area contributed by atoms with E-state index in [2.05, 4.69) is 4.74 Å². The van der Waals surface area contributed by atoms with E-state index in [1.165, 1.54) is 18.2 Å². The lowest BCUT2D eigenvalue weighted by molar-refractivity contribution is -0.144. The zero-order valence-electron chi connectivity index (χ0n) is 9.74. The monoisotopic (exact) mass is 254 g/mol. The number of rotatable bonds is 5. The van der Waals surface area contributed by atoms with Crippen LogP contribution in [0.25, 0.3) is 0 Å². The van der Waals surface area contributed by atoms with Crippen LogP contribution in [0.4, 0.5) is 0 Å². The molecule has 0 fully saturated rings. The molecule has 6 nitrogen and oxygen atoms in total. The van der Waals surface area contributed by atoms with Crippen LogP contribution < -0.4 is 0 Å². The smallest absolute Gasteiger partial charge is 0.308 e. The predicted octanol–water partition coefficient (Wildman–Crippen LogP) is 0.162. The van der Waals surface area contributed by atoms with Gasteiger partial charge in [0.15, 0.2) is 6.29 Å². The first kappa shape index (κ1) is 14.1. The highest BCUT2D eigenvalue weighted by Gasteiger charge is 2.24. The van der Waals surface area contributed by atoms with Crippen molar-refractivity contribution in [3.05, 3.63) is 29.3 Å². The molecule has 2 atom stereocenters. The van der Waals surface area contributed by atoms with Gasteiger partial charge in [-0.25, -0.2) is 0 Å². The number of hydrogen-bond donors (Lipinski definition) is 3. The van der Waals surface area contributed by atoms with E-state index in [0.29, 0.717) is 6.29 Å². The third kappa shape index (κ3) is 3.06. The van der Waals surface area contributed by atoms with Crippen LogP contribution in [0.1, 0.15) is 28.4 Å². The maximum Gasteiger partial charge on any atom is 0.308 e. The quantitative estimate of drug-likeness (QED) is 0.511. The topological polar surface area (TPSA) is 104 Å². The largest absolute Gasteiger partial charge is 0.507 e. The van der Waals surface area contributed by atoms with Gasteiger partial charge in [-0.3, -0.25) is 9.59 Å². The predicted molar refractivity (Wildman–Crippen MR) is 61.1 cm³/mol. The zero-order valence-corrected chi connectivity index (χ0v) is 9.74. The number of carbonyl (C=O) groups is 2. The number of phenols is 1. The lowest BCUT2D eigenvalue weighted by atomic mass is 9.99. The molecule has 1 aromatic carbocycles. The van der Waals surface area contributed by atoms with Crippen LogP contribution in [-0.4, -0.2) is 40.8 Å². The fourth-order valence-corrected chi connectivity index (χ4v) is 1.49. The Labute approximate surface area is 103 Å². The number of aliphatic hydroxyl groups excluding tert-OH is 2. The fraction of sp³-hybridized carbons (Fsp3) is 0.333. The van der Waals surface area contributed by atoms with Gasteiger partial charge in [-0.1, -0.05) is 12.1 Å². The standard InChI is InChI=1S/C12H14O6/c1-18-10(15)5-9(14)12(17)8-4-2-3-7(6-13)11(8)16/h2-4,6,9,12,14,16-17H,5H2,1H3. The summed E-state index contributed by atoms with van der Waals surface area (Å²) in [6, 6.07) is 4.17. The van der Waals surface area contributed by atoms with Crippen LogP contribution in [-0.2, 0) is 9.53 Å². The van der Waals surface area contributed by atoms with Gasteiger partial charge >= 0.3 is 5.97 Å². The molecule has 0 saturated carbocycles. The first-order chi connectivity index (χ1) is 8.51. The van der Waals surface area contributed by atoms with Crippen molar-refractivity contribution in [2.75, 3.05) is 7.11 Å². The molecule has 6 heteroatoms. The van der Waals surface area contributed by atoms with Gasteiger partial charge in [-0.2, -0.15) is 0 Å². The molecular weight excluding hydrogens is 240 g/mol. The first-order valence-electron chi connectivity index (χ1n) is 5.21. The maximum atomic E-state index is 11.0. The van der Waals surface area contributed by atoms with Crippen molar-refractivity contribution >= 4 is 12.3 Å². The van der Waals surface area contributed by atoms with Crippen molar-refractivity contribution in [3.63, 3.8) is 0 Å². The van der Waals surface area contributed by atoms with Crippen LogP contribution in [0.2, 0.25) is 0 Å². The minimum Gasteiger partial charge on any atom is -0.507 e. The number of esters is 1. The van der Waals surface area contributed by atoms with Crippen molar-refractivity contribution < 1.29 is 29.6 Å². The highest BCUT2D eigenvalue weighted by atomic mass is 16.5. The van der Waals surface area contributed by atoms with E-state index in [1.54, 1.807) is 0 Å². The van der Waals surface area contributed by atoms with Crippen molar-refractivity contribution in [2.45, 2.75) is 18.6 Å². The highest BCUT2D eigenvalue weighted by molar-refractivity contribution is 5.80. The summed E-state index contributed by atoms with van der Waals surface area (Å²) in [5.41, 5.74) is -0.0205. The summed E-state index contributed by atoms with van der Waals surface area (Å²) < 4.78 is 4.35. The van der Waals surface area contributed by atoms with Gasteiger partial charge in [-0.05, 0) is 6.07 Å². The molecule has 3 N–H and O–H groups in total. The Morgan fingerprint density at radius 1 is 1.44 bits per heavy atom. The van der Waals surface area contributed by atoms with E-state index in [9.17, 15) is 24.9 Å². The molecule has 1 aromatic rings. The molecule has 0 saturated heterocycles. The number of hydrogen-bond acceptors (Lipinski definition) is 6. The summed E-state index contributed by atoms with van der Waals surface area (Å²) in [4.78, 5) is 21.6. The van der Waals surface area contributed by atoms with Crippen LogP contribution in [0, 0.1) is 0 Å². The number of phenolic OH excluding ortho intramolecular Hbond substituents is 1. The number of para-hydroxylation sites is 1. The second-order valence-electron chi connectivity index (χ2n) is 3.70. The lowest BCUT2D eigenvalue weighted by Gasteiger charge is -2.18. The second kappa shape index (κ2) is 6.13. The molecule has 0 aromatic heterocycles. The number of benzene rings is 1. The fourth-order valence-electron chi connectivity index (χ4n) is 1.49. The van der Waals surface area contributed by atoms with Gasteiger partial charge in [0.25, 0.3) is 0 Å². The second-order valence-corrected chi connectivity index (χ2v) is 3.70. The average molecular weight is 254 g/mol. The SMILES string of the molecule is COC(=O)CC(O)C(O)c1cccc(C=O)c1O. The van der Waals surface area contributed by atoms with Crippen molar-refractivity contribution in [1.29, 1.82) is 0 Å². The van der Waals surface area contributed by atoms with Gasteiger partial charge in [-0.15, -0.1) is 0 Å². The van der Waals surface area contributed by atoms with Crippen molar-refractivity contribution in [2.24, 2.45) is 0 Å². The molecule has 0 amide bonds. The van der Waals surface area contributed by atoms with Crippen LogP contribution >= 0.6 is 0 Å². The highest BCUT2D eigenvalue weighted by Crippen LogP contribution is 2.29. The third-order valence-electron chi connectivity index (χ3n) is 2.51. The molecule has 1 rings (SSSR count). The van der Waals surface area contributed by atoms with E-state index in [1.807, 2.05) is 0 Å². The molecule has 2 unspecified atom stereocenters. The summed E-state index contributed by atoms with van der Waals surface area (Å²) in [6.07, 6.45) is -2.89. The number of ether oxygens (including phenoxy) is 1. The minimum atomic E-state index is -1.48. The van der Waals surface area contributed by atoms with E-state index >= 15 is 0 Å². The van der Waals surface area contributed by atoms with Gasteiger partial charge in [0.05, 0.1) is 25.2 Å². The zero-order chi connectivity index (χ0) is 13.7. The van der Waals surface area contributed by atoms with Gasteiger partial charge in [0, 0.05) is 5.56 Å².